The van der Waals surface area contributed by atoms with Gasteiger partial charge in [-0.05, 0) is 30.2 Å². The first kappa shape index (κ1) is 18.4. The molecule has 0 radical (unpaired) electrons. The number of hydrogen-bond acceptors (Lipinski definition) is 6. The molecule has 2 aliphatic heterocycles. The van der Waals surface area contributed by atoms with Gasteiger partial charge in [-0.1, -0.05) is 18.5 Å². The van der Waals surface area contributed by atoms with Gasteiger partial charge in [0.15, 0.2) is 11.5 Å². The first-order chi connectivity index (χ1) is 13.6. The second kappa shape index (κ2) is 7.57. The van der Waals surface area contributed by atoms with Crippen molar-refractivity contribution < 1.29 is 9.15 Å². The molecule has 0 aliphatic carbocycles. The van der Waals surface area contributed by atoms with Crippen LogP contribution in [0.5, 0.6) is 0 Å². The maximum absolute atomic E-state index is 12.2. The van der Waals surface area contributed by atoms with E-state index in [-0.39, 0.29) is 11.5 Å². The van der Waals surface area contributed by atoms with Crippen LogP contribution < -0.4 is 11.2 Å². The SMILES string of the molecule is CCc1cc2c(cc1Cl)nc1c(=O)[nH]c(=O)nc-1n2CCOCc1ccoc1. The molecule has 144 valence electrons. The number of aromatic amines is 1. The third-order valence-corrected chi connectivity index (χ3v) is 4.82. The lowest BCUT2D eigenvalue weighted by atomic mass is 10.1. The van der Waals surface area contributed by atoms with E-state index in [2.05, 4.69) is 15.0 Å². The number of rotatable bonds is 6. The van der Waals surface area contributed by atoms with Crippen LogP contribution in [0.4, 0.5) is 0 Å². The molecule has 0 unspecified atom stereocenters. The Bertz CT molecular complexity index is 1210. The summed E-state index contributed by atoms with van der Waals surface area (Å²) in [4.78, 5) is 34.5. The van der Waals surface area contributed by atoms with Crippen molar-refractivity contribution >= 4 is 22.6 Å². The van der Waals surface area contributed by atoms with Crippen molar-refractivity contribution in [2.75, 3.05) is 6.61 Å². The van der Waals surface area contributed by atoms with Gasteiger partial charge in [0.1, 0.15) is 0 Å². The number of fused-ring (bicyclic) bond motifs is 2. The summed E-state index contributed by atoms with van der Waals surface area (Å²) in [6.07, 6.45) is 3.93. The van der Waals surface area contributed by atoms with Crippen LogP contribution in [0.2, 0.25) is 5.02 Å². The lowest BCUT2D eigenvalue weighted by molar-refractivity contribution is 0.113. The van der Waals surface area contributed by atoms with Crippen LogP contribution in [0.15, 0.2) is 44.7 Å². The Morgan fingerprint density at radius 3 is 2.89 bits per heavy atom. The number of furan rings is 1. The van der Waals surface area contributed by atoms with Crippen molar-refractivity contribution in [2.24, 2.45) is 0 Å². The zero-order chi connectivity index (χ0) is 19.7. The number of hydrogen-bond donors (Lipinski definition) is 1. The highest BCUT2D eigenvalue weighted by Gasteiger charge is 2.19. The van der Waals surface area contributed by atoms with Crippen molar-refractivity contribution in [2.45, 2.75) is 26.5 Å². The summed E-state index contributed by atoms with van der Waals surface area (Å²) in [5, 5.41) is 0.578. The maximum Gasteiger partial charge on any atom is 0.349 e. The van der Waals surface area contributed by atoms with Gasteiger partial charge in [-0.15, -0.1) is 0 Å². The summed E-state index contributed by atoms with van der Waals surface area (Å²) in [6, 6.07) is 5.46. The zero-order valence-electron chi connectivity index (χ0n) is 15.1. The third-order valence-electron chi connectivity index (χ3n) is 4.47. The second-order valence-electron chi connectivity index (χ2n) is 6.28. The molecule has 0 saturated carbocycles. The second-order valence-corrected chi connectivity index (χ2v) is 6.68. The summed E-state index contributed by atoms with van der Waals surface area (Å²) in [7, 11) is 0. The molecule has 9 heteroatoms. The molecule has 0 saturated heterocycles. The Hall–Kier alpha value is -2.97. The molecular weight excluding hydrogens is 384 g/mol. The molecule has 4 rings (SSSR count). The number of H-pyrrole nitrogens is 1. The Balaban J connectivity index is 1.79. The highest BCUT2D eigenvalue weighted by atomic mass is 35.5. The summed E-state index contributed by atoms with van der Waals surface area (Å²) in [5.74, 6) is 0.220. The van der Waals surface area contributed by atoms with Crippen molar-refractivity contribution in [3.8, 4) is 11.5 Å². The van der Waals surface area contributed by atoms with E-state index in [1.165, 1.54) is 0 Å². The molecule has 1 aromatic heterocycles. The van der Waals surface area contributed by atoms with Gasteiger partial charge in [0.2, 0.25) is 0 Å². The molecule has 28 heavy (non-hydrogen) atoms. The first-order valence-corrected chi connectivity index (χ1v) is 9.16. The van der Waals surface area contributed by atoms with Gasteiger partial charge in [-0.3, -0.25) is 9.78 Å². The summed E-state index contributed by atoms with van der Waals surface area (Å²) in [6.45, 7) is 3.12. The molecule has 8 nitrogen and oxygen atoms in total. The Morgan fingerprint density at radius 1 is 1.29 bits per heavy atom. The van der Waals surface area contributed by atoms with E-state index in [1.54, 1.807) is 23.2 Å². The highest BCUT2D eigenvalue weighted by Crippen LogP contribution is 2.27. The van der Waals surface area contributed by atoms with Crippen LogP contribution in [0, 0.1) is 0 Å². The molecule has 0 amide bonds. The first-order valence-electron chi connectivity index (χ1n) is 8.78. The fourth-order valence-corrected chi connectivity index (χ4v) is 3.37. The van der Waals surface area contributed by atoms with E-state index >= 15 is 0 Å². The van der Waals surface area contributed by atoms with Crippen LogP contribution in [0.25, 0.3) is 22.6 Å². The van der Waals surface area contributed by atoms with Crippen molar-refractivity contribution in [1.29, 1.82) is 0 Å². The van der Waals surface area contributed by atoms with E-state index in [0.29, 0.717) is 30.3 Å². The lowest BCUT2D eigenvalue weighted by Crippen LogP contribution is -2.29. The summed E-state index contributed by atoms with van der Waals surface area (Å²) in [5.41, 5.74) is 1.94. The largest absolute Gasteiger partial charge is 0.472 e. The topological polar surface area (TPSA) is 103 Å². The van der Waals surface area contributed by atoms with Gasteiger partial charge in [0.25, 0.3) is 5.56 Å². The minimum absolute atomic E-state index is 0.0854. The summed E-state index contributed by atoms with van der Waals surface area (Å²) >= 11 is 6.32. The number of nitrogens with zero attached hydrogens (tertiary/aromatic N) is 3. The van der Waals surface area contributed by atoms with Crippen molar-refractivity contribution in [1.82, 2.24) is 19.5 Å². The average molecular weight is 401 g/mol. The van der Waals surface area contributed by atoms with Gasteiger partial charge in [-0.25, -0.2) is 9.78 Å². The lowest BCUT2D eigenvalue weighted by Gasteiger charge is -2.17. The molecule has 0 bridgehead atoms. The normalized spacial score (nSPS) is 11.5. The third kappa shape index (κ3) is 3.44. The minimum Gasteiger partial charge on any atom is -0.472 e. The van der Waals surface area contributed by atoms with Gasteiger partial charge < -0.3 is 13.7 Å². The fraction of sp³-hybridized carbons (Fsp3) is 0.263. The standard InChI is InChI=1S/C19H17ClN4O4/c1-2-12-7-15-14(8-13(12)20)21-16-17(22-19(26)23-18(16)25)24(15)4-6-28-10-11-3-5-27-9-11/h3,5,7-9H,2,4,6,10H2,1H3,(H,23,25,26). The molecule has 0 fully saturated rings. The van der Waals surface area contributed by atoms with Gasteiger partial charge in [0, 0.05) is 17.1 Å². The van der Waals surface area contributed by atoms with Gasteiger partial charge in [0.05, 0.1) is 36.8 Å². The average Bonchev–Trinajstić information content (AvgIpc) is 3.18. The smallest absolute Gasteiger partial charge is 0.349 e. The monoisotopic (exact) mass is 400 g/mol. The van der Waals surface area contributed by atoms with Crippen LogP contribution >= 0.6 is 11.6 Å². The minimum atomic E-state index is -0.712. The number of aromatic nitrogens is 4. The van der Waals surface area contributed by atoms with E-state index < -0.39 is 11.2 Å². The fourth-order valence-electron chi connectivity index (χ4n) is 3.08. The quantitative estimate of drug-likeness (QED) is 0.394. The van der Waals surface area contributed by atoms with Crippen LogP contribution in [-0.4, -0.2) is 26.1 Å². The number of ether oxygens (including phenoxy) is 1. The van der Waals surface area contributed by atoms with Crippen LogP contribution in [0.3, 0.4) is 0 Å². The molecule has 2 aromatic rings. The van der Waals surface area contributed by atoms with E-state index in [9.17, 15) is 9.59 Å². The molecule has 0 spiro atoms. The molecular formula is C19H17ClN4O4. The molecule has 3 heterocycles. The zero-order valence-corrected chi connectivity index (χ0v) is 15.8. The van der Waals surface area contributed by atoms with Gasteiger partial charge >= 0.3 is 5.69 Å². The molecule has 2 aliphatic rings. The van der Waals surface area contributed by atoms with E-state index in [0.717, 1.165) is 23.1 Å². The van der Waals surface area contributed by atoms with Crippen LogP contribution in [-0.2, 0) is 24.3 Å². The number of aryl methyl sites for hydroxylation is 1. The summed E-state index contributed by atoms with van der Waals surface area (Å²) < 4.78 is 12.5. The Kier molecular flexibility index (Phi) is 4.97. The predicted octanol–water partition coefficient (Wildman–Crippen LogP) is 2.61. The van der Waals surface area contributed by atoms with E-state index in [4.69, 9.17) is 20.8 Å². The molecule has 0 atom stereocenters. The van der Waals surface area contributed by atoms with Crippen molar-refractivity contribution in [3.05, 3.63) is 67.7 Å². The molecule has 1 aromatic carbocycles. The Labute approximate surface area is 164 Å². The number of nitrogens with one attached hydrogen (secondary N) is 1. The Morgan fingerprint density at radius 2 is 2.14 bits per heavy atom. The molecule has 1 N–H and O–H groups in total. The van der Waals surface area contributed by atoms with Gasteiger partial charge in [-0.2, -0.15) is 4.98 Å². The number of halogens is 1. The van der Waals surface area contributed by atoms with Crippen LogP contribution in [0.1, 0.15) is 18.1 Å². The van der Waals surface area contributed by atoms with Crippen molar-refractivity contribution in [3.63, 3.8) is 0 Å². The predicted molar refractivity (Wildman–Crippen MR) is 104 cm³/mol. The highest BCUT2D eigenvalue weighted by molar-refractivity contribution is 6.32. The maximum atomic E-state index is 12.2. The number of benzene rings is 1. The van der Waals surface area contributed by atoms with E-state index in [1.807, 2.05) is 19.1 Å².